The second-order valence-electron chi connectivity index (χ2n) is 11.5. The molecule has 2 fully saturated rings. The molecule has 3 amide bonds. The number of anilines is 1. The number of ether oxygens (including phenoxy) is 1. The van der Waals surface area contributed by atoms with Gasteiger partial charge in [-0.2, -0.15) is 0 Å². The molecule has 4 aliphatic heterocycles. The fourth-order valence-corrected chi connectivity index (χ4v) is 7.30. The van der Waals surface area contributed by atoms with E-state index in [-0.39, 0.29) is 36.8 Å². The normalized spacial score (nSPS) is 30.9. The van der Waals surface area contributed by atoms with Crippen LogP contribution in [0.3, 0.4) is 0 Å². The molecular weight excluding hydrogens is 518 g/mol. The van der Waals surface area contributed by atoms with Crippen LogP contribution >= 0.6 is 11.6 Å². The van der Waals surface area contributed by atoms with E-state index in [0.717, 1.165) is 12.0 Å². The van der Waals surface area contributed by atoms with Gasteiger partial charge in [-0.1, -0.05) is 68.8 Å². The van der Waals surface area contributed by atoms with Crippen molar-refractivity contribution in [2.75, 3.05) is 31.1 Å². The van der Waals surface area contributed by atoms with Crippen LogP contribution < -0.4 is 4.90 Å². The number of fused-ring (bicyclic) bond motifs is 2. The quantitative estimate of drug-likeness (QED) is 0.521. The van der Waals surface area contributed by atoms with Crippen LogP contribution in [0.25, 0.3) is 0 Å². The maximum absolute atomic E-state index is 14.6. The number of hydrogen-bond donors (Lipinski definition) is 1. The Balaban J connectivity index is 1.66. The molecule has 5 rings (SSSR count). The van der Waals surface area contributed by atoms with Gasteiger partial charge in [0.1, 0.15) is 11.6 Å². The first kappa shape index (κ1) is 27.9. The number of likely N-dealkylation sites (tertiary alicyclic amines) is 1. The number of amides is 3. The van der Waals surface area contributed by atoms with Gasteiger partial charge in [-0.3, -0.25) is 14.4 Å². The summed E-state index contributed by atoms with van der Waals surface area (Å²) in [5, 5.41) is 10.9. The van der Waals surface area contributed by atoms with E-state index >= 15 is 0 Å². The highest BCUT2D eigenvalue weighted by molar-refractivity contribution is 6.34. The minimum atomic E-state index is -1.34. The van der Waals surface area contributed by atoms with Gasteiger partial charge in [-0.05, 0) is 37.3 Å². The van der Waals surface area contributed by atoms with E-state index in [2.05, 4.69) is 0 Å². The third-order valence-corrected chi connectivity index (χ3v) is 8.78. The Morgan fingerprint density at radius 3 is 2.56 bits per heavy atom. The zero-order valence-electron chi connectivity index (χ0n) is 23.0. The molecule has 1 N–H and O–H groups in total. The average molecular weight is 556 g/mol. The molecule has 0 aromatic heterocycles. The topological polar surface area (TPSA) is 90.4 Å². The van der Waals surface area contributed by atoms with E-state index in [1.54, 1.807) is 15.9 Å². The van der Waals surface area contributed by atoms with Gasteiger partial charge < -0.3 is 24.5 Å². The maximum Gasteiger partial charge on any atom is 0.253 e. The molecule has 2 saturated heterocycles. The molecule has 1 aromatic rings. The molecule has 0 radical (unpaired) electrons. The van der Waals surface area contributed by atoms with Crippen molar-refractivity contribution >= 4 is 35.0 Å². The lowest BCUT2D eigenvalue weighted by molar-refractivity contribution is -0.147. The number of rotatable bonds is 7. The number of aliphatic hydroxyl groups is 1. The summed E-state index contributed by atoms with van der Waals surface area (Å²) in [6.45, 7) is 8.93. The van der Waals surface area contributed by atoms with Crippen molar-refractivity contribution in [2.24, 2.45) is 17.8 Å². The molecule has 4 heterocycles. The molecule has 0 aliphatic carbocycles. The number of hydrogen-bond acceptors (Lipinski definition) is 5. The molecule has 0 saturated carbocycles. The van der Waals surface area contributed by atoms with Crippen LogP contribution in [0.5, 0.6) is 0 Å². The number of halogens is 1. The number of carbonyl (C=O) groups is 3. The summed E-state index contributed by atoms with van der Waals surface area (Å²) < 4.78 is 6.71. The lowest BCUT2D eigenvalue weighted by atomic mass is 9.77. The summed E-state index contributed by atoms with van der Waals surface area (Å²) in [4.78, 5) is 47.9. The summed E-state index contributed by atoms with van der Waals surface area (Å²) in [5.74, 6) is -2.23. The van der Waals surface area contributed by atoms with Crippen LogP contribution in [0, 0.1) is 24.7 Å². The molecule has 6 atom stereocenters. The third kappa shape index (κ3) is 4.41. The molecule has 39 heavy (non-hydrogen) atoms. The van der Waals surface area contributed by atoms with Gasteiger partial charge in [0.2, 0.25) is 11.8 Å². The number of aryl methyl sites for hydroxylation is 1. The van der Waals surface area contributed by atoms with E-state index in [1.165, 1.54) is 4.90 Å². The number of benzene rings is 1. The first-order chi connectivity index (χ1) is 18.7. The second kappa shape index (κ2) is 10.7. The average Bonchev–Trinajstić information content (AvgIpc) is 3.21. The third-order valence-electron chi connectivity index (χ3n) is 8.48. The lowest BCUT2D eigenvalue weighted by Gasteiger charge is -2.39. The largest absolute Gasteiger partial charge is 0.394 e. The molecule has 1 unspecified atom stereocenters. The van der Waals surface area contributed by atoms with Crippen molar-refractivity contribution < 1.29 is 24.2 Å². The van der Waals surface area contributed by atoms with Crippen LogP contribution in [-0.4, -0.2) is 82.7 Å². The highest BCUT2D eigenvalue weighted by Gasteiger charge is 2.72. The second-order valence-corrected chi connectivity index (χ2v) is 11.9. The monoisotopic (exact) mass is 555 g/mol. The SMILES string of the molecule is CCCN1CC=C[C@H]2O[C@]34C=CCN(c5c(C)cccc5Cl)C(=O)C3N([C@@H](CO)CC(C)C)C(=O)[C@@H]4[C@H]2C1=O. The van der Waals surface area contributed by atoms with E-state index < -0.39 is 35.6 Å². The van der Waals surface area contributed by atoms with Crippen molar-refractivity contribution in [2.45, 2.75) is 64.3 Å². The van der Waals surface area contributed by atoms with Crippen LogP contribution in [-0.2, 0) is 19.1 Å². The summed E-state index contributed by atoms with van der Waals surface area (Å²) in [7, 11) is 0. The van der Waals surface area contributed by atoms with Crippen molar-refractivity contribution in [3.8, 4) is 0 Å². The molecule has 4 aliphatic rings. The van der Waals surface area contributed by atoms with Gasteiger partial charge in [-0.15, -0.1) is 0 Å². The van der Waals surface area contributed by atoms with Gasteiger partial charge in [0, 0.05) is 19.6 Å². The summed E-state index contributed by atoms with van der Waals surface area (Å²) in [6.07, 6.45) is 8.15. The molecule has 1 spiro atoms. The highest BCUT2D eigenvalue weighted by Crippen LogP contribution is 2.54. The standard InChI is InChI=1S/C30H38ClN3O5/c1-5-13-32-14-7-11-22-23(27(32)36)24-28(37)34(20(17-35)16-18(2)3)26-29(38)33(15-8-12-30(24,26)39-22)25-19(4)9-6-10-21(25)31/h6-12,18,20,22-24,26,35H,5,13-17H2,1-4H3/t20-,22-,23+,24+,26?,30+/m1/s1. The lowest BCUT2D eigenvalue weighted by Crippen LogP contribution is -2.58. The molecule has 8 nitrogen and oxygen atoms in total. The van der Waals surface area contributed by atoms with Gasteiger partial charge in [0.25, 0.3) is 5.91 Å². The van der Waals surface area contributed by atoms with E-state index in [0.29, 0.717) is 30.2 Å². The fraction of sp³-hybridized carbons (Fsp3) is 0.567. The van der Waals surface area contributed by atoms with Crippen LogP contribution in [0.4, 0.5) is 5.69 Å². The van der Waals surface area contributed by atoms with Crippen molar-refractivity contribution in [3.63, 3.8) is 0 Å². The maximum atomic E-state index is 14.6. The van der Waals surface area contributed by atoms with Gasteiger partial charge in [0.15, 0.2) is 0 Å². The van der Waals surface area contributed by atoms with E-state index in [9.17, 15) is 19.5 Å². The Labute approximate surface area is 235 Å². The van der Waals surface area contributed by atoms with Crippen molar-refractivity contribution in [3.05, 3.63) is 53.1 Å². The summed E-state index contributed by atoms with van der Waals surface area (Å²) >= 11 is 6.61. The van der Waals surface area contributed by atoms with Gasteiger partial charge in [0.05, 0.1) is 41.3 Å². The van der Waals surface area contributed by atoms with Crippen LogP contribution in [0.15, 0.2) is 42.5 Å². The molecule has 0 bridgehead atoms. The Hall–Kier alpha value is -2.68. The van der Waals surface area contributed by atoms with Crippen molar-refractivity contribution in [1.29, 1.82) is 0 Å². The number of nitrogens with zero attached hydrogens (tertiary/aromatic N) is 3. The smallest absolute Gasteiger partial charge is 0.253 e. The zero-order chi connectivity index (χ0) is 28.1. The Morgan fingerprint density at radius 1 is 1.13 bits per heavy atom. The molecular formula is C30H38ClN3O5. The first-order valence-electron chi connectivity index (χ1n) is 14.0. The molecule has 9 heteroatoms. The number of aliphatic hydroxyl groups excluding tert-OH is 1. The minimum Gasteiger partial charge on any atom is -0.394 e. The number of carbonyl (C=O) groups excluding carboxylic acids is 3. The van der Waals surface area contributed by atoms with Gasteiger partial charge >= 0.3 is 0 Å². The minimum absolute atomic E-state index is 0.129. The highest BCUT2D eigenvalue weighted by atomic mass is 35.5. The molecule has 210 valence electrons. The Kier molecular flexibility index (Phi) is 7.65. The predicted molar refractivity (Wildman–Crippen MR) is 149 cm³/mol. The predicted octanol–water partition coefficient (Wildman–Crippen LogP) is 3.35. The van der Waals surface area contributed by atoms with E-state index in [1.807, 2.05) is 64.1 Å². The number of para-hydroxylation sites is 1. The van der Waals surface area contributed by atoms with Crippen LogP contribution in [0.2, 0.25) is 5.02 Å². The fourth-order valence-electron chi connectivity index (χ4n) is 6.98. The van der Waals surface area contributed by atoms with Crippen molar-refractivity contribution in [1.82, 2.24) is 9.80 Å². The zero-order valence-corrected chi connectivity index (χ0v) is 23.8. The Morgan fingerprint density at radius 2 is 1.90 bits per heavy atom. The van der Waals surface area contributed by atoms with Gasteiger partial charge in [-0.25, -0.2) is 0 Å². The first-order valence-corrected chi connectivity index (χ1v) is 14.3. The summed E-state index contributed by atoms with van der Waals surface area (Å²) in [5.41, 5.74) is 0.0790. The summed E-state index contributed by atoms with van der Waals surface area (Å²) in [6, 6.07) is 3.82. The molecule has 1 aromatic carbocycles. The van der Waals surface area contributed by atoms with Crippen LogP contribution in [0.1, 0.15) is 39.2 Å². The Bertz CT molecular complexity index is 1190. The van der Waals surface area contributed by atoms with E-state index in [4.69, 9.17) is 16.3 Å².